The molecule has 0 atom stereocenters. The van der Waals surface area contributed by atoms with E-state index < -0.39 is 0 Å². The standard InChI is InChI=1S/C22H22N2O2/c25-17-1-2-18-3-5-19(6-4-18)7-12-22(26)20-8-10-21(11-9-20)24-15-13-23-14-16-24/h1-12,17,23H,13-16H2/b2-1+,12-7+. The second kappa shape index (κ2) is 8.92. The summed E-state index contributed by atoms with van der Waals surface area (Å²) >= 11 is 0. The Morgan fingerprint density at radius 3 is 2.12 bits per heavy atom. The number of carbonyl (C=O) groups is 2. The first-order valence-corrected chi connectivity index (χ1v) is 8.76. The van der Waals surface area contributed by atoms with Crippen molar-refractivity contribution in [2.75, 3.05) is 31.1 Å². The number of carbonyl (C=O) groups excluding carboxylic acids is 2. The van der Waals surface area contributed by atoms with E-state index in [2.05, 4.69) is 10.2 Å². The summed E-state index contributed by atoms with van der Waals surface area (Å²) in [4.78, 5) is 25.0. The minimum atomic E-state index is -0.0122. The molecule has 0 aromatic heterocycles. The number of ketones is 1. The Labute approximate surface area is 153 Å². The minimum absolute atomic E-state index is 0.0122. The Morgan fingerprint density at radius 1 is 0.885 bits per heavy atom. The minimum Gasteiger partial charge on any atom is -0.369 e. The molecular weight excluding hydrogens is 324 g/mol. The zero-order valence-electron chi connectivity index (χ0n) is 14.6. The van der Waals surface area contributed by atoms with Crippen LogP contribution in [0, 0.1) is 0 Å². The number of rotatable bonds is 6. The van der Waals surface area contributed by atoms with Crippen molar-refractivity contribution < 1.29 is 9.59 Å². The van der Waals surface area contributed by atoms with Gasteiger partial charge in [0.2, 0.25) is 0 Å². The summed E-state index contributed by atoms with van der Waals surface area (Å²) in [5.41, 5.74) is 3.74. The van der Waals surface area contributed by atoms with Gasteiger partial charge in [-0.05, 0) is 47.5 Å². The zero-order chi connectivity index (χ0) is 18.2. The lowest BCUT2D eigenvalue weighted by Crippen LogP contribution is -2.43. The summed E-state index contributed by atoms with van der Waals surface area (Å²) in [6.07, 6.45) is 7.35. The fraction of sp³-hybridized carbons (Fsp3) is 0.182. The monoisotopic (exact) mass is 346 g/mol. The number of nitrogens with zero attached hydrogens (tertiary/aromatic N) is 1. The van der Waals surface area contributed by atoms with Crippen molar-refractivity contribution in [3.8, 4) is 0 Å². The van der Waals surface area contributed by atoms with Crippen molar-refractivity contribution in [1.82, 2.24) is 5.32 Å². The van der Waals surface area contributed by atoms with E-state index in [1.165, 1.54) is 6.08 Å². The van der Waals surface area contributed by atoms with Crippen molar-refractivity contribution in [2.24, 2.45) is 0 Å². The second-order valence-electron chi connectivity index (χ2n) is 6.14. The van der Waals surface area contributed by atoms with Crippen molar-refractivity contribution in [2.45, 2.75) is 0 Å². The van der Waals surface area contributed by atoms with E-state index >= 15 is 0 Å². The van der Waals surface area contributed by atoms with E-state index in [1.807, 2.05) is 48.5 Å². The lowest BCUT2D eigenvalue weighted by molar-refractivity contribution is -0.104. The van der Waals surface area contributed by atoms with Crippen LogP contribution in [0.15, 0.2) is 60.7 Å². The van der Waals surface area contributed by atoms with Gasteiger partial charge in [-0.25, -0.2) is 0 Å². The summed E-state index contributed by atoms with van der Waals surface area (Å²) in [7, 11) is 0. The fourth-order valence-electron chi connectivity index (χ4n) is 2.90. The van der Waals surface area contributed by atoms with E-state index in [0.29, 0.717) is 5.56 Å². The normalized spacial score (nSPS) is 14.8. The second-order valence-corrected chi connectivity index (χ2v) is 6.14. The molecule has 0 aliphatic carbocycles. The predicted molar refractivity (Wildman–Crippen MR) is 106 cm³/mol. The number of piperazine rings is 1. The molecule has 0 amide bonds. The maximum absolute atomic E-state index is 12.4. The highest BCUT2D eigenvalue weighted by Crippen LogP contribution is 2.17. The average Bonchev–Trinajstić information content (AvgIpc) is 2.72. The summed E-state index contributed by atoms with van der Waals surface area (Å²) in [6.45, 7) is 3.97. The third-order valence-electron chi connectivity index (χ3n) is 4.36. The van der Waals surface area contributed by atoms with Crippen LogP contribution in [-0.4, -0.2) is 38.2 Å². The van der Waals surface area contributed by atoms with Gasteiger partial charge < -0.3 is 10.2 Å². The molecule has 1 heterocycles. The molecule has 0 radical (unpaired) electrons. The molecule has 0 unspecified atom stereocenters. The van der Waals surface area contributed by atoms with Crippen molar-refractivity contribution in [3.05, 3.63) is 77.4 Å². The van der Waals surface area contributed by atoms with Gasteiger partial charge in [0.15, 0.2) is 5.78 Å². The van der Waals surface area contributed by atoms with Crippen LogP contribution in [0.5, 0.6) is 0 Å². The average molecular weight is 346 g/mol. The molecule has 0 saturated carbocycles. The quantitative estimate of drug-likeness (QED) is 0.496. The van der Waals surface area contributed by atoms with Crippen LogP contribution < -0.4 is 10.2 Å². The molecule has 1 N–H and O–H groups in total. The van der Waals surface area contributed by atoms with E-state index in [-0.39, 0.29) is 5.78 Å². The van der Waals surface area contributed by atoms with Crippen molar-refractivity contribution >= 4 is 29.9 Å². The number of nitrogens with one attached hydrogen (secondary N) is 1. The zero-order valence-corrected chi connectivity index (χ0v) is 14.6. The molecule has 0 bridgehead atoms. The van der Waals surface area contributed by atoms with E-state index in [4.69, 9.17) is 0 Å². The van der Waals surface area contributed by atoms with Gasteiger partial charge in [0.1, 0.15) is 6.29 Å². The first kappa shape index (κ1) is 17.8. The topological polar surface area (TPSA) is 49.4 Å². The number of allylic oxidation sites excluding steroid dienone is 2. The third-order valence-corrected chi connectivity index (χ3v) is 4.36. The van der Waals surface area contributed by atoms with Crippen LogP contribution in [0.25, 0.3) is 12.2 Å². The summed E-state index contributed by atoms with van der Waals surface area (Å²) in [5.74, 6) is -0.0122. The predicted octanol–water partition coefficient (Wildman–Crippen LogP) is 3.20. The lowest BCUT2D eigenvalue weighted by atomic mass is 10.1. The molecule has 3 rings (SSSR count). The van der Waals surface area contributed by atoms with Gasteiger partial charge in [-0.3, -0.25) is 9.59 Å². The van der Waals surface area contributed by atoms with Gasteiger partial charge in [0.05, 0.1) is 0 Å². The molecule has 1 aliphatic rings. The first-order chi connectivity index (χ1) is 12.8. The summed E-state index contributed by atoms with van der Waals surface area (Å²) < 4.78 is 0. The van der Waals surface area contributed by atoms with Crippen LogP contribution in [0.1, 0.15) is 21.5 Å². The molecule has 26 heavy (non-hydrogen) atoms. The summed E-state index contributed by atoms with van der Waals surface area (Å²) in [5, 5.41) is 3.34. The Balaban J connectivity index is 1.62. The molecule has 132 valence electrons. The maximum Gasteiger partial charge on any atom is 0.185 e. The van der Waals surface area contributed by atoms with Gasteiger partial charge in [0.25, 0.3) is 0 Å². The highest BCUT2D eigenvalue weighted by molar-refractivity contribution is 6.07. The molecule has 0 spiro atoms. The van der Waals surface area contributed by atoms with Gasteiger partial charge in [0, 0.05) is 37.4 Å². The highest BCUT2D eigenvalue weighted by Gasteiger charge is 2.10. The van der Waals surface area contributed by atoms with Crippen molar-refractivity contribution in [1.29, 1.82) is 0 Å². The Hall–Kier alpha value is -2.98. The van der Waals surface area contributed by atoms with Crippen LogP contribution in [-0.2, 0) is 4.79 Å². The Bertz CT molecular complexity index is 799. The van der Waals surface area contributed by atoms with Gasteiger partial charge in [-0.15, -0.1) is 0 Å². The first-order valence-electron chi connectivity index (χ1n) is 8.76. The molecule has 2 aromatic carbocycles. The number of aldehydes is 1. The molecular formula is C22H22N2O2. The molecule has 2 aromatic rings. The third kappa shape index (κ3) is 4.77. The SMILES string of the molecule is O=C/C=C/c1ccc(/C=C/C(=O)c2ccc(N3CCNCC3)cc2)cc1. The Kier molecular flexibility index (Phi) is 6.12. The maximum atomic E-state index is 12.4. The molecule has 4 nitrogen and oxygen atoms in total. The molecule has 1 aliphatic heterocycles. The van der Waals surface area contributed by atoms with Crippen LogP contribution >= 0.6 is 0 Å². The Morgan fingerprint density at radius 2 is 1.50 bits per heavy atom. The van der Waals surface area contributed by atoms with Crippen LogP contribution in [0.3, 0.4) is 0 Å². The van der Waals surface area contributed by atoms with Gasteiger partial charge >= 0.3 is 0 Å². The van der Waals surface area contributed by atoms with Crippen LogP contribution in [0.2, 0.25) is 0 Å². The van der Waals surface area contributed by atoms with E-state index in [0.717, 1.165) is 49.3 Å². The fourth-order valence-corrected chi connectivity index (χ4v) is 2.90. The van der Waals surface area contributed by atoms with E-state index in [9.17, 15) is 9.59 Å². The van der Waals surface area contributed by atoms with Crippen molar-refractivity contribution in [3.63, 3.8) is 0 Å². The van der Waals surface area contributed by atoms with Gasteiger partial charge in [-0.1, -0.05) is 36.4 Å². The number of hydrogen-bond acceptors (Lipinski definition) is 4. The van der Waals surface area contributed by atoms with Gasteiger partial charge in [-0.2, -0.15) is 0 Å². The number of anilines is 1. The molecule has 4 heteroatoms. The molecule has 1 fully saturated rings. The van der Waals surface area contributed by atoms with E-state index in [1.54, 1.807) is 18.2 Å². The molecule has 1 saturated heterocycles. The number of benzene rings is 2. The smallest absolute Gasteiger partial charge is 0.185 e. The number of hydrogen-bond donors (Lipinski definition) is 1. The lowest BCUT2D eigenvalue weighted by Gasteiger charge is -2.29. The summed E-state index contributed by atoms with van der Waals surface area (Å²) in [6, 6.07) is 15.5. The highest BCUT2D eigenvalue weighted by atomic mass is 16.1. The van der Waals surface area contributed by atoms with Crippen LogP contribution in [0.4, 0.5) is 5.69 Å². The largest absolute Gasteiger partial charge is 0.369 e.